The largest absolute Gasteiger partial charge is 0.312 e. The Balaban J connectivity index is 2.33. The summed E-state index contributed by atoms with van der Waals surface area (Å²) in [6, 6.07) is 5.09. The van der Waals surface area contributed by atoms with Crippen LogP contribution in [0, 0.1) is 0 Å². The minimum absolute atomic E-state index is 0.00313. The number of nitrogens with zero attached hydrogens (tertiary/aromatic N) is 2. The minimum atomic E-state index is -3.45. The summed E-state index contributed by atoms with van der Waals surface area (Å²) in [7, 11) is -1.84. The molecule has 0 saturated heterocycles. The minimum Gasteiger partial charge on any atom is -0.312 e. The van der Waals surface area contributed by atoms with Crippen molar-refractivity contribution in [2.75, 3.05) is 25.0 Å². The summed E-state index contributed by atoms with van der Waals surface area (Å²) >= 11 is 0. The number of fused-ring (bicyclic) bond motifs is 1. The molecular weight excluding hydrogens is 300 g/mol. The van der Waals surface area contributed by atoms with Gasteiger partial charge in [0.2, 0.25) is 15.9 Å². The first-order chi connectivity index (χ1) is 10.4. The Morgan fingerprint density at radius 1 is 1.36 bits per heavy atom. The lowest BCUT2D eigenvalue weighted by Gasteiger charge is -2.29. The molecule has 0 spiro atoms. The van der Waals surface area contributed by atoms with Crippen molar-refractivity contribution in [2.24, 2.45) is 0 Å². The van der Waals surface area contributed by atoms with Crippen LogP contribution in [0.15, 0.2) is 23.1 Å². The van der Waals surface area contributed by atoms with Gasteiger partial charge in [-0.05, 0) is 43.0 Å². The summed E-state index contributed by atoms with van der Waals surface area (Å²) < 4.78 is 26.6. The van der Waals surface area contributed by atoms with Gasteiger partial charge in [-0.2, -0.15) is 0 Å². The number of benzene rings is 1. The number of unbranched alkanes of at least 4 members (excludes halogenated alkanes) is 1. The fraction of sp³-hybridized carbons (Fsp3) is 0.562. The lowest BCUT2D eigenvalue weighted by Crippen LogP contribution is -2.34. The molecule has 1 amide bonds. The molecule has 2 rings (SSSR count). The molecule has 122 valence electrons. The highest BCUT2D eigenvalue weighted by Crippen LogP contribution is 2.30. The maximum absolute atomic E-state index is 12.6. The number of aryl methyl sites for hydroxylation is 1. The average Bonchev–Trinajstić information content (AvgIpc) is 2.51. The van der Waals surface area contributed by atoms with Crippen molar-refractivity contribution >= 4 is 21.6 Å². The summed E-state index contributed by atoms with van der Waals surface area (Å²) in [5.41, 5.74) is 1.78. The Bertz CT molecular complexity index is 655. The van der Waals surface area contributed by atoms with E-state index in [1.807, 2.05) is 6.92 Å². The third-order valence-corrected chi connectivity index (χ3v) is 5.94. The van der Waals surface area contributed by atoms with Gasteiger partial charge in [0.25, 0.3) is 0 Å². The molecule has 1 aromatic carbocycles. The van der Waals surface area contributed by atoms with Gasteiger partial charge in [-0.1, -0.05) is 13.3 Å². The van der Waals surface area contributed by atoms with E-state index in [9.17, 15) is 13.2 Å². The van der Waals surface area contributed by atoms with E-state index in [0.717, 1.165) is 36.9 Å². The van der Waals surface area contributed by atoms with E-state index in [-0.39, 0.29) is 5.91 Å². The third kappa shape index (κ3) is 3.33. The Kier molecular flexibility index (Phi) is 5.24. The first-order valence-corrected chi connectivity index (χ1v) is 9.19. The third-order valence-electron chi connectivity index (χ3n) is 4.08. The number of hydrogen-bond acceptors (Lipinski definition) is 3. The molecule has 1 heterocycles. The number of carbonyl (C=O) groups is 1. The van der Waals surface area contributed by atoms with Gasteiger partial charge in [0.05, 0.1) is 4.90 Å². The first-order valence-electron chi connectivity index (χ1n) is 7.75. The number of amides is 1. The van der Waals surface area contributed by atoms with Gasteiger partial charge in [0.15, 0.2) is 0 Å². The smallest absolute Gasteiger partial charge is 0.242 e. The van der Waals surface area contributed by atoms with Gasteiger partial charge in [-0.15, -0.1) is 0 Å². The van der Waals surface area contributed by atoms with Crippen LogP contribution in [0.2, 0.25) is 0 Å². The molecule has 1 aromatic rings. The summed E-state index contributed by atoms with van der Waals surface area (Å²) in [6.45, 7) is 4.80. The van der Waals surface area contributed by atoms with E-state index in [4.69, 9.17) is 0 Å². The molecule has 0 N–H and O–H groups in total. The zero-order valence-corrected chi connectivity index (χ0v) is 14.3. The lowest BCUT2D eigenvalue weighted by atomic mass is 10.0. The molecule has 1 aliphatic rings. The van der Waals surface area contributed by atoms with Crippen LogP contribution in [0.1, 0.15) is 38.7 Å². The maximum atomic E-state index is 12.6. The van der Waals surface area contributed by atoms with E-state index in [1.54, 1.807) is 30.1 Å². The molecule has 0 saturated carbocycles. The number of sulfonamides is 1. The molecule has 0 bridgehead atoms. The van der Waals surface area contributed by atoms with Gasteiger partial charge in [-0.3, -0.25) is 4.79 Å². The predicted molar refractivity (Wildman–Crippen MR) is 87.5 cm³/mol. The Morgan fingerprint density at radius 2 is 2.09 bits per heavy atom. The van der Waals surface area contributed by atoms with E-state index in [2.05, 4.69) is 0 Å². The summed E-state index contributed by atoms with van der Waals surface area (Å²) in [5.74, 6) is -0.00313. The van der Waals surface area contributed by atoms with Gasteiger partial charge < -0.3 is 4.90 Å². The van der Waals surface area contributed by atoms with Crippen LogP contribution >= 0.6 is 0 Å². The Hall–Kier alpha value is -1.40. The molecule has 6 heteroatoms. The summed E-state index contributed by atoms with van der Waals surface area (Å²) in [5, 5.41) is 0. The molecule has 5 nitrogen and oxygen atoms in total. The lowest BCUT2D eigenvalue weighted by molar-refractivity contribution is -0.116. The van der Waals surface area contributed by atoms with Crippen LogP contribution < -0.4 is 4.90 Å². The van der Waals surface area contributed by atoms with Gasteiger partial charge in [0.1, 0.15) is 0 Å². The standard InChI is InChI=1S/C16H24N2O3S/c1-4-5-10-17(3)22(20,21)15-8-9-16-14(12-15)7-6-11-18(16)13(2)19/h8-9,12H,4-7,10-11H2,1-3H3. The highest BCUT2D eigenvalue weighted by atomic mass is 32.2. The van der Waals surface area contributed by atoms with Crippen molar-refractivity contribution < 1.29 is 13.2 Å². The second-order valence-corrected chi connectivity index (χ2v) is 7.79. The number of carbonyl (C=O) groups excluding carboxylic acids is 1. The van der Waals surface area contributed by atoms with Gasteiger partial charge in [0, 0.05) is 32.7 Å². The van der Waals surface area contributed by atoms with E-state index < -0.39 is 10.0 Å². The highest BCUT2D eigenvalue weighted by molar-refractivity contribution is 7.89. The SMILES string of the molecule is CCCCN(C)S(=O)(=O)c1ccc2c(c1)CCCN2C(C)=O. The highest BCUT2D eigenvalue weighted by Gasteiger charge is 2.25. The molecule has 0 aliphatic carbocycles. The summed E-state index contributed by atoms with van der Waals surface area (Å²) in [6.07, 6.45) is 3.47. The van der Waals surface area contributed by atoms with Crippen LogP contribution in [0.5, 0.6) is 0 Å². The van der Waals surface area contributed by atoms with Crippen LogP contribution in [0.25, 0.3) is 0 Å². The first kappa shape index (κ1) is 17.0. The molecular formula is C16H24N2O3S. The van der Waals surface area contributed by atoms with Crippen molar-refractivity contribution in [3.63, 3.8) is 0 Å². The Morgan fingerprint density at radius 3 is 2.73 bits per heavy atom. The summed E-state index contributed by atoms with van der Waals surface area (Å²) in [4.78, 5) is 13.7. The molecule has 0 unspecified atom stereocenters. The quantitative estimate of drug-likeness (QED) is 0.836. The maximum Gasteiger partial charge on any atom is 0.242 e. The van der Waals surface area contributed by atoms with Gasteiger partial charge >= 0.3 is 0 Å². The normalized spacial score (nSPS) is 15.0. The zero-order chi connectivity index (χ0) is 16.3. The topological polar surface area (TPSA) is 57.7 Å². The predicted octanol–water partition coefficient (Wildman–Crippen LogP) is 2.41. The molecule has 1 aliphatic heterocycles. The van der Waals surface area contributed by atoms with E-state index in [1.165, 1.54) is 11.2 Å². The zero-order valence-electron chi connectivity index (χ0n) is 13.5. The second kappa shape index (κ2) is 6.79. The van der Waals surface area contributed by atoms with Crippen LogP contribution in [0.3, 0.4) is 0 Å². The monoisotopic (exact) mass is 324 g/mol. The van der Waals surface area contributed by atoms with E-state index in [0.29, 0.717) is 18.0 Å². The fourth-order valence-corrected chi connectivity index (χ4v) is 4.00. The van der Waals surface area contributed by atoms with Crippen LogP contribution in [-0.2, 0) is 21.2 Å². The van der Waals surface area contributed by atoms with Gasteiger partial charge in [-0.25, -0.2) is 12.7 Å². The molecule has 22 heavy (non-hydrogen) atoms. The average molecular weight is 324 g/mol. The van der Waals surface area contributed by atoms with E-state index >= 15 is 0 Å². The fourth-order valence-electron chi connectivity index (χ4n) is 2.74. The number of hydrogen-bond donors (Lipinski definition) is 0. The van der Waals surface area contributed by atoms with Crippen LogP contribution in [-0.4, -0.2) is 38.8 Å². The number of rotatable bonds is 5. The van der Waals surface area contributed by atoms with Crippen molar-refractivity contribution in [3.05, 3.63) is 23.8 Å². The molecule has 0 atom stereocenters. The molecule has 0 fully saturated rings. The number of anilines is 1. The molecule has 0 radical (unpaired) electrons. The van der Waals surface area contributed by atoms with Crippen molar-refractivity contribution in [3.8, 4) is 0 Å². The molecule has 0 aromatic heterocycles. The Labute approximate surface area is 133 Å². The van der Waals surface area contributed by atoms with Crippen molar-refractivity contribution in [2.45, 2.75) is 44.4 Å². The van der Waals surface area contributed by atoms with Crippen molar-refractivity contribution in [1.82, 2.24) is 4.31 Å². The second-order valence-electron chi connectivity index (χ2n) is 5.74. The van der Waals surface area contributed by atoms with Crippen LogP contribution in [0.4, 0.5) is 5.69 Å². The van der Waals surface area contributed by atoms with Crippen molar-refractivity contribution in [1.29, 1.82) is 0 Å².